The summed E-state index contributed by atoms with van der Waals surface area (Å²) in [5.41, 5.74) is 2.39. The van der Waals surface area contributed by atoms with E-state index in [0.29, 0.717) is 80.8 Å². The van der Waals surface area contributed by atoms with Gasteiger partial charge in [0.2, 0.25) is 23.6 Å². The van der Waals surface area contributed by atoms with Crippen LogP contribution in [0.4, 0.5) is 16.0 Å². The Bertz CT molecular complexity index is 3490. The first kappa shape index (κ1) is 57.8. The molecule has 1 unspecified atom stereocenters. The number of amides is 4. The number of hydrogen-bond donors (Lipinski definition) is 4. The first-order valence-corrected chi connectivity index (χ1v) is 29.7. The minimum absolute atomic E-state index is 0.00822. The Balaban J connectivity index is 0.740. The van der Waals surface area contributed by atoms with Crippen molar-refractivity contribution in [3.63, 3.8) is 0 Å². The molecule has 2 saturated heterocycles. The molecule has 16 nitrogen and oxygen atoms in total. The standard InChI is InChI=1S/C63H71ClFN9O7S/c1-5-55(76)72-26-28-73(29-27-72)60-49-36-50(64)57(47-35-42(75)34-41-16-9-10-17-43(41)47)58(65)48(49)37-54(69-60)67-24-23-56(77)71(4)30-31-80-32-33-81-53-22-21-45(44-18-11-12-19-46(44)53)51-38-82-62(68-51)52-20-13-25-74(52)63(79)59(40-14-7-6-8-15-40)70-61(78)39(2)66-3/h5,9-12,16-19,21-22,34-40,52,59,66,75H,1,6-8,13-15,20,23-33H2,2-4H3,(H,67,69)(H,70,78)/t39-,52-,59?/m0/s1. The maximum atomic E-state index is 17.2. The number of nitrogens with zero attached hydrogens (tertiary/aromatic N) is 6. The predicted octanol–water partition coefficient (Wildman–Crippen LogP) is 10.4. The van der Waals surface area contributed by atoms with Crippen molar-refractivity contribution >= 4 is 90.5 Å². The van der Waals surface area contributed by atoms with E-state index < -0.39 is 17.9 Å². The molecule has 0 spiro atoms. The maximum absolute atomic E-state index is 17.2. The van der Waals surface area contributed by atoms with Gasteiger partial charge in [-0.05, 0) is 110 Å². The topological polar surface area (TPSA) is 182 Å². The van der Waals surface area contributed by atoms with Gasteiger partial charge in [-0.15, -0.1) is 11.3 Å². The van der Waals surface area contributed by atoms with Crippen LogP contribution in [0.3, 0.4) is 0 Å². The van der Waals surface area contributed by atoms with Crippen LogP contribution in [-0.2, 0) is 23.9 Å². The van der Waals surface area contributed by atoms with Crippen molar-refractivity contribution in [2.75, 3.05) is 89.9 Å². The smallest absolute Gasteiger partial charge is 0.246 e. The number of ether oxygens (including phenoxy) is 2. The summed E-state index contributed by atoms with van der Waals surface area (Å²) in [4.78, 5) is 70.8. The number of piperazine rings is 1. The van der Waals surface area contributed by atoms with Crippen molar-refractivity contribution < 1.29 is 38.1 Å². The number of hydrogen-bond acceptors (Lipinski definition) is 13. The molecule has 2 aliphatic heterocycles. The summed E-state index contributed by atoms with van der Waals surface area (Å²) >= 11 is 8.51. The van der Waals surface area contributed by atoms with Crippen molar-refractivity contribution in [3.8, 4) is 33.9 Å². The summed E-state index contributed by atoms with van der Waals surface area (Å²) in [6.45, 7) is 9.24. The molecule has 5 aromatic carbocycles. The number of nitrogens with one attached hydrogen (secondary N) is 3. The van der Waals surface area contributed by atoms with Crippen LogP contribution in [0.15, 0.2) is 103 Å². The number of thiazole rings is 1. The lowest BCUT2D eigenvalue weighted by Gasteiger charge is -2.35. The third-order valence-corrected chi connectivity index (χ3v) is 17.6. The van der Waals surface area contributed by atoms with Crippen LogP contribution in [0.25, 0.3) is 54.7 Å². The zero-order valence-corrected chi connectivity index (χ0v) is 48.3. The zero-order chi connectivity index (χ0) is 57.4. The van der Waals surface area contributed by atoms with Gasteiger partial charge in [0.05, 0.1) is 36.0 Å². The molecule has 0 bridgehead atoms. The lowest BCUT2D eigenvalue weighted by molar-refractivity contribution is -0.139. The fourth-order valence-electron chi connectivity index (χ4n) is 11.7. The van der Waals surface area contributed by atoms with E-state index in [4.69, 9.17) is 31.0 Å². The molecule has 3 fully saturated rings. The number of aromatic nitrogens is 2. The summed E-state index contributed by atoms with van der Waals surface area (Å²) in [7, 11) is 3.48. The number of aromatic hydroxyl groups is 1. The Labute approximate surface area is 486 Å². The van der Waals surface area contributed by atoms with Crippen LogP contribution >= 0.6 is 22.9 Å². The number of likely N-dealkylation sites (N-methyl/N-ethyl adjacent to an activating group) is 2. The Hall–Kier alpha value is -7.38. The lowest BCUT2D eigenvalue weighted by atomic mass is 9.83. The van der Waals surface area contributed by atoms with Crippen LogP contribution < -0.4 is 25.6 Å². The average molecular weight is 1150 g/mol. The van der Waals surface area contributed by atoms with Crippen LogP contribution in [0.2, 0.25) is 5.02 Å². The quantitative estimate of drug-likeness (QED) is 0.0396. The number of halogens is 2. The Kier molecular flexibility index (Phi) is 18.5. The first-order chi connectivity index (χ1) is 39.8. The number of carbonyl (C=O) groups excluding carboxylic acids is 4. The van der Waals surface area contributed by atoms with Gasteiger partial charge in [0.1, 0.15) is 46.6 Å². The molecule has 10 rings (SSSR count). The second-order valence-corrected chi connectivity index (χ2v) is 22.8. The molecule has 4 heterocycles. The van der Waals surface area contributed by atoms with E-state index in [1.54, 1.807) is 53.4 Å². The van der Waals surface area contributed by atoms with Gasteiger partial charge in [0, 0.05) is 91.9 Å². The second-order valence-electron chi connectivity index (χ2n) is 21.5. The predicted molar refractivity (Wildman–Crippen MR) is 323 cm³/mol. The van der Waals surface area contributed by atoms with Crippen molar-refractivity contribution in [2.24, 2.45) is 5.92 Å². The summed E-state index contributed by atoms with van der Waals surface area (Å²) in [6.07, 6.45) is 8.25. The first-order valence-electron chi connectivity index (χ1n) is 28.5. The largest absolute Gasteiger partial charge is 0.508 e. The van der Waals surface area contributed by atoms with Crippen molar-refractivity contribution in [2.45, 2.75) is 76.4 Å². The summed E-state index contributed by atoms with van der Waals surface area (Å²) < 4.78 is 29.4. The molecule has 1 aliphatic carbocycles. The van der Waals surface area contributed by atoms with Crippen LogP contribution in [-0.4, -0.2) is 145 Å². The van der Waals surface area contributed by atoms with Crippen molar-refractivity contribution in [1.29, 1.82) is 0 Å². The molecule has 0 radical (unpaired) electrons. The number of fused-ring (bicyclic) bond motifs is 3. The van der Waals surface area contributed by atoms with E-state index in [9.17, 15) is 24.3 Å². The molecular formula is C63H71ClFN9O7S. The molecule has 19 heteroatoms. The highest BCUT2D eigenvalue weighted by atomic mass is 35.5. The fourth-order valence-corrected chi connectivity index (χ4v) is 12.9. The van der Waals surface area contributed by atoms with Gasteiger partial charge in [-0.2, -0.15) is 0 Å². The number of benzene rings is 5. The molecule has 82 heavy (non-hydrogen) atoms. The van der Waals surface area contributed by atoms with Gasteiger partial charge in [0.15, 0.2) is 0 Å². The fraction of sp³-hybridized carbons (Fsp3) is 0.397. The van der Waals surface area contributed by atoms with E-state index in [1.165, 1.54) is 12.1 Å². The van der Waals surface area contributed by atoms with Crippen molar-refractivity contribution in [1.82, 2.24) is 35.3 Å². The lowest BCUT2D eigenvalue weighted by Crippen LogP contribution is -2.55. The van der Waals surface area contributed by atoms with E-state index in [0.717, 1.165) is 82.8 Å². The summed E-state index contributed by atoms with van der Waals surface area (Å²) in [6, 6.07) is 24.8. The van der Waals surface area contributed by atoms with E-state index in [-0.39, 0.29) is 76.9 Å². The monoisotopic (exact) mass is 1150 g/mol. The second kappa shape index (κ2) is 26.2. The van der Waals surface area contributed by atoms with E-state index >= 15 is 4.39 Å². The summed E-state index contributed by atoms with van der Waals surface area (Å²) in [5.74, 6) is 0.629. The van der Waals surface area contributed by atoms with Crippen LogP contribution in [0.5, 0.6) is 11.5 Å². The van der Waals surface area contributed by atoms with Crippen LogP contribution in [0.1, 0.15) is 69.3 Å². The number of likely N-dealkylation sites (tertiary alicyclic amines) is 1. The molecule has 4 amide bonds. The van der Waals surface area contributed by atoms with Crippen LogP contribution in [0, 0.1) is 11.7 Å². The molecule has 430 valence electrons. The molecule has 4 N–H and O–H groups in total. The van der Waals surface area contributed by atoms with Crippen molar-refractivity contribution in [3.05, 3.63) is 119 Å². The van der Waals surface area contributed by atoms with E-state index in [2.05, 4.69) is 34.0 Å². The minimum Gasteiger partial charge on any atom is -0.508 e. The number of rotatable bonds is 21. The molecule has 1 saturated carbocycles. The Morgan fingerprint density at radius 2 is 1.62 bits per heavy atom. The molecule has 3 atom stereocenters. The van der Waals surface area contributed by atoms with Gasteiger partial charge in [-0.3, -0.25) is 19.2 Å². The molecule has 3 aliphatic rings. The third-order valence-electron chi connectivity index (χ3n) is 16.3. The molecule has 7 aromatic rings. The minimum atomic E-state index is -0.578. The van der Waals surface area contributed by atoms with Gasteiger partial charge in [-0.1, -0.05) is 86.0 Å². The van der Waals surface area contributed by atoms with Gasteiger partial charge < -0.3 is 50.1 Å². The van der Waals surface area contributed by atoms with Gasteiger partial charge >= 0.3 is 0 Å². The third kappa shape index (κ3) is 12.6. The number of phenolic OH excluding ortho intramolecular Hbond substituents is 1. The number of anilines is 2. The normalized spacial score (nSPS) is 16.6. The highest BCUT2D eigenvalue weighted by Gasteiger charge is 2.40. The highest BCUT2D eigenvalue weighted by molar-refractivity contribution is 7.10. The number of pyridine rings is 1. The zero-order valence-electron chi connectivity index (χ0n) is 46.7. The molecule has 2 aromatic heterocycles. The SMILES string of the molecule is C=CC(=O)N1CCN(c2nc(NCCC(=O)N(C)CCOCCOc3ccc(-c4csc([C@@H]5CCCN5C(=O)C(NC(=O)[C@H](C)NC)C5CCCCC5)n4)c4ccccc34)cc3c(F)c(-c4cc(O)cc5ccccc45)c(Cl)cc23)CC1. The Morgan fingerprint density at radius 1 is 0.866 bits per heavy atom. The maximum Gasteiger partial charge on any atom is 0.246 e. The Morgan fingerprint density at radius 3 is 2.39 bits per heavy atom. The highest BCUT2D eigenvalue weighted by Crippen LogP contribution is 2.44. The summed E-state index contributed by atoms with van der Waals surface area (Å²) in [5, 5.41) is 27.3. The molecular weight excluding hydrogens is 1080 g/mol. The number of carbonyl (C=O) groups is 4. The van der Waals surface area contributed by atoms with E-state index in [1.807, 2.05) is 71.3 Å². The average Bonchev–Trinajstić information content (AvgIpc) is 2.35. The van der Waals surface area contributed by atoms with Gasteiger partial charge in [0.25, 0.3) is 0 Å². The van der Waals surface area contributed by atoms with Gasteiger partial charge in [-0.25, -0.2) is 14.4 Å². The number of phenols is 1.